The maximum Gasteiger partial charge on any atom is 0.287 e. The molecule has 1 aromatic heterocycles. The molecule has 106 valence electrons. The molecule has 8 heteroatoms. The van der Waals surface area contributed by atoms with Crippen LogP contribution in [-0.4, -0.2) is 50.9 Å². The Morgan fingerprint density at radius 1 is 1.74 bits per heavy atom. The maximum atomic E-state index is 12.0. The number of nitrogens with zero attached hydrogens (tertiary/aromatic N) is 2. The van der Waals surface area contributed by atoms with Crippen molar-refractivity contribution in [3.8, 4) is 0 Å². The van der Waals surface area contributed by atoms with E-state index in [0.717, 1.165) is 12.2 Å². The fraction of sp³-hybridized carbons (Fsp3) is 0.636. The number of halogens is 1. The molecule has 3 unspecified atom stereocenters. The summed E-state index contributed by atoms with van der Waals surface area (Å²) in [5.74, 6) is -0.134. The summed E-state index contributed by atoms with van der Waals surface area (Å²) in [7, 11) is 2.55. The van der Waals surface area contributed by atoms with Gasteiger partial charge in [-0.15, -0.1) is 0 Å². The Balaban J connectivity index is 2.00. The van der Waals surface area contributed by atoms with Crippen LogP contribution < -0.4 is 5.32 Å². The zero-order valence-electron chi connectivity index (χ0n) is 10.7. The van der Waals surface area contributed by atoms with E-state index < -0.39 is 6.10 Å². The van der Waals surface area contributed by atoms with E-state index in [1.54, 1.807) is 0 Å². The van der Waals surface area contributed by atoms with Crippen molar-refractivity contribution in [1.82, 2.24) is 20.0 Å². The van der Waals surface area contributed by atoms with Gasteiger partial charge in [0.25, 0.3) is 5.91 Å². The second-order valence-corrected chi connectivity index (χ2v) is 5.73. The molecule has 1 fully saturated rings. The number of aromatic amines is 1. The van der Waals surface area contributed by atoms with Crippen molar-refractivity contribution in [2.75, 3.05) is 13.1 Å². The van der Waals surface area contributed by atoms with Gasteiger partial charge in [0.15, 0.2) is 11.0 Å². The second-order valence-electron chi connectivity index (χ2n) is 4.64. The highest BCUT2D eigenvalue weighted by Gasteiger charge is 2.28. The molecule has 0 bridgehead atoms. The van der Waals surface area contributed by atoms with E-state index >= 15 is 0 Å². The first-order valence-electron chi connectivity index (χ1n) is 6.24. The van der Waals surface area contributed by atoms with Gasteiger partial charge in [0.2, 0.25) is 0 Å². The number of piperidine rings is 1. The predicted octanol–water partition coefficient (Wildman–Crippen LogP) is 0.581. The van der Waals surface area contributed by atoms with Gasteiger partial charge in [-0.25, -0.2) is 4.98 Å². The average molecular weight is 305 g/mol. The standard InChI is InChI=1S/C11H18ClN4O2P/c1-2-6-9(12)15-10(13-6)11(18)14-7-3-4-16(19)5-8(7)17/h7-8,17H,2-5,19H2,1H3,(H,13,15)(H,14,18). The largest absolute Gasteiger partial charge is 0.390 e. The van der Waals surface area contributed by atoms with Crippen LogP contribution >= 0.6 is 21.0 Å². The molecular weight excluding hydrogens is 287 g/mol. The van der Waals surface area contributed by atoms with E-state index in [9.17, 15) is 9.90 Å². The highest BCUT2D eigenvalue weighted by molar-refractivity contribution is 7.13. The van der Waals surface area contributed by atoms with Crippen LogP contribution in [0.25, 0.3) is 0 Å². The molecule has 1 amide bonds. The fourth-order valence-corrected chi connectivity index (χ4v) is 2.72. The summed E-state index contributed by atoms with van der Waals surface area (Å²) in [4.78, 5) is 18.9. The van der Waals surface area contributed by atoms with Gasteiger partial charge >= 0.3 is 0 Å². The average Bonchev–Trinajstić information content (AvgIpc) is 2.74. The zero-order chi connectivity index (χ0) is 14.0. The van der Waals surface area contributed by atoms with Gasteiger partial charge in [-0.3, -0.25) is 9.46 Å². The Morgan fingerprint density at radius 3 is 3.05 bits per heavy atom. The monoisotopic (exact) mass is 304 g/mol. The lowest BCUT2D eigenvalue weighted by Crippen LogP contribution is -2.52. The van der Waals surface area contributed by atoms with Crippen LogP contribution in [0.4, 0.5) is 0 Å². The van der Waals surface area contributed by atoms with Crippen molar-refractivity contribution in [1.29, 1.82) is 0 Å². The van der Waals surface area contributed by atoms with Gasteiger partial charge in [-0.2, -0.15) is 0 Å². The van der Waals surface area contributed by atoms with Gasteiger partial charge in [0, 0.05) is 13.1 Å². The van der Waals surface area contributed by atoms with Gasteiger partial charge in [-0.1, -0.05) is 27.9 Å². The fourth-order valence-electron chi connectivity index (χ4n) is 2.09. The number of β-amino-alcohol motifs (C(OH)–C–C–N with tert-alkyl or cyclic N) is 1. The minimum atomic E-state index is -0.578. The van der Waals surface area contributed by atoms with Gasteiger partial charge in [0.1, 0.15) is 0 Å². The Bertz CT molecular complexity index is 468. The molecule has 1 aliphatic rings. The van der Waals surface area contributed by atoms with Crippen LogP contribution in [0.2, 0.25) is 5.15 Å². The molecule has 0 aromatic carbocycles. The van der Waals surface area contributed by atoms with Crippen LogP contribution in [0.1, 0.15) is 29.7 Å². The summed E-state index contributed by atoms with van der Waals surface area (Å²) >= 11 is 5.90. The van der Waals surface area contributed by atoms with Crippen molar-refractivity contribution < 1.29 is 9.90 Å². The number of aliphatic hydroxyl groups is 1. The molecule has 1 aliphatic heterocycles. The highest BCUT2D eigenvalue weighted by atomic mass is 35.5. The number of hydrogen-bond acceptors (Lipinski definition) is 4. The van der Waals surface area contributed by atoms with Crippen molar-refractivity contribution in [2.45, 2.75) is 31.9 Å². The number of aryl methyl sites for hydroxylation is 1. The number of carbonyl (C=O) groups excluding carboxylic acids is 1. The van der Waals surface area contributed by atoms with Crippen molar-refractivity contribution >= 4 is 26.9 Å². The Labute approximate surface area is 119 Å². The molecule has 1 aromatic rings. The molecule has 1 saturated heterocycles. The lowest BCUT2D eigenvalue weighted by Gasteiger charge is -2.33. The number of nitrogens with one attached hydrogen (secondary N) is 2. The molecule has 0 radical (unpaired) electrons. The first-order valence-corrected chi connectivity index (χ1v) is 7.13. The van der Waals surface area contributed by atoms with Crippen molar-refractivity contribution in [3.05, 3.63) is 16.7 Å². The maximum absolute atomic E-state index is 12.0. The molecule has 0 saturated carbocycles. The Kier molecular flexibility index (Phi) is 4.79. The molecule has 2 rings (SSSR count). The number of rotatable bonds is 3. The number of amides is 1. The molecule has 0 aliphatic carbocycles. The first-order chi connectivity index (χ1) is 9.01. The summed E-state index contributed by atoms with van der Waals surface area (Å²) in [6.07, 6.45) is 0.810. The second kappa shape index (κ2) is 6.18. The van der Waals surface area contributed by atoms with E-state index in [1.165, 1.54) is 0 Å². The van der Waals surface area contributed by atoms with Crippen LogP contribution in [0, 0.1) is 0 Å². The normalized spacial score (nSPS) is 24.4. The number of H-pyrrole nitrogens is 1. The number of hydrogen-bond donors (Lipinski definition) is 3. The van der Waals surface area contributed by atoms with Gasteiger partial charge < -0.3 is 15.4 Å². The third-order valence-corrected chi connectivity index (χ3v) is 4.01. The quantitative estimate of drug-likeness (QED) is 0.714. The SMILES string of the molecule is CCc1[nH]c(C(=O)NC2CCN(P)CC2O)nc1Cl. The lowest BCUT2D eigenvalue weighted by molar-refractivity contribution is 0.0633. The van der Waals surface area contributed by atoms with E-state index in [4.69, 9.17) is 11.6 Å². The molecule has 3 atom stereocenters. The summed E-state index contributed by atoms with van der Waals surface area (Å²) in [5, 5.41) is 13.0. The molecular formula is C11H18ClN4O2P. The van der Waals surface area contributed by atoms with E-state index in [2.05, 4.69) is 24.7 Å². The number of aliphatic hydroxyl groups excluding tert-OH is 1. The van der Waals surface area contributed by atoms with Gasteiger partial charge in [0.05, 0.1) is 17.8 Å². The van der Waals surface area contributed by atoms with E-state index in [-0.39, 0.29) is 17.8 Å². The van der Waals surface area contributed by atoms with Crippen molar-refractivity contribution in [3.63, 3.8) is 0 Å². The highest BCUT2D eigenvalue weighted by Crippen LogP contribution is 2.16. The van der Waals surface area contributed by atoms with E-state index in [0.29, 0.717) is 24.5 Å². The molecule has 6 nitrogen and oxygen atoms in total. The first kappa shape index (κ1) is 14.7. The Hall–Kier alpha value is -0.680. The smallest absolute Gasteiger partial charge is 0.287 e. The predicted molar refractivity (Wildman–Crippen MR) is 76.1 cm³/mol. The zero-order valence-corrected chi connectivity index (χ0v) is 12.6. The lowest BCUT2D eigenvalue weighted by atomic mass is 10.0. The van der Waals surface area contributed by atoms with Crippen LogP contribution in [0.3, 0.4) is 0 Å². The molecule has 2 heterocycles. The number of carbonyl (C=O) groups is 1. The number of aromatic nitrogens is 2. The minimum absolute atomic E-state index is 0.197. The molecule has 19 heavy (non-hydrogen) atoms. The summed E-state index contributed by atoms with van der Waals surface area (Å²) < 4.78 is 1.95. The van der Waals surface area contributed by atoms with Crippen molar-refractivity contribution in [2.24, 2.45) is 0 Å². The minimum Gasteiger partial charge on any atom is -0.390 e. The third-order valence-electron chi connectivity index (χ3n) is 3.23. The molecule has 3 N–H and O–H groups in total. The summed E-state index contributed by atoms with van der Waals surface area (Å²) in [6, 6.07) is -0.252. The van der Waals surface area contributed by atoms with Crippen LogP contribution in [0.15, 0.2) is 0 Å². The molecule has 0 spiro atoms. The Morgan fingerprint density at radius 2 is 2.47 bits per heavy atom. The summed E-state index contributed by atoms with van der Waals surface area (Å²) in [6.45, 7) is 3.26. The number of imidazole rings is 1. The topological polar surface area (TPSA) is 81.2 Å². The van der Waals surface area contributed by atoms with Crippen LogP contribution in [0.5, 0.6) is 0 Å². The van der Waals surface area contributed by atoms with Gasteiger partial charge in [-0.05, 0) is 12.8 Å². The van der Waals surface area contributed by atoms with E-state index in [1.807, 2.05) is 11.6 Å². The third kappa shape index (κ3) is 3.45. The summed E-state index contributed by atoms with van der Waals surface area (Å²) in [5.41, 5.74) is 0.743. The van der Waals surface area contributed by atoms with Crippen LogP contribution in [-0.2, 0) is 6.42 Å².